The Labute approximate surface area is 115 Å². The van der Waals surface area contributed by atoms with Crippen LogP contribution in [0.1, 0.15) is 32.3 Å². The van der Waals surface area contributed by atoms with Gasteiger partial charge in [-0.1, -0.05) is 6.07 Å². The molecule has 0 aromatic heterocycles. The zero-order chi connectivity index (χ0) is 15.5. The van der Waals surface area contributed by atoms with Crippen LogP contribution < -0.4 is 0 Å². The van der Waals surface area contributed by atoms with Gasteiger partial charge in [-0.05, 0) is 26.8 Å². The van der Waals surface area contributed by atoms with Crippen LogP contribution in [0.25, 0.3) is 0 Å². The SMILES string of the molecule is COC(=O)C(C(=O)OC(C)(C)C)c1ccc(F)cc1F. The summed E-state index contributed by atoms with van der Waals surface area (Å²) in [5.74, 6) is -5.32. The van der Waals surface area contributed by atoms with Gasteiger partial charge in [0.15, 0.2) is 5.92 Å². The van der Waals surface area contributed by atoms with Crippen LogP contribution >= 0.6 is 0 Å². The van der Waals surface area contributed by atoms with E-state index in [1.165, 1.54) is 0 Å². The molecule has 110 valence electrons. The van der Waals surface area contributed by atoms with Crippen molar-refractivity contribution in [2.75, 3.05) is 7.11 Å². The number of benzene rings is 1. The van der Waals surface area contributed by atoms with Crippen LogP contribution in [0.3, 0.4) is 0 Å². The van der Waals surface area contributed by atoms with Crippen LogP contribution in [0, 0.1) is 11.6 Å². The fraction of sp³-hybridized carbons (Fsp3) is 0.429. The van der Waals surface area contributed by atoms with E-state index in [1.54, 1.807) is 20.8 Å². The van der Waals surface area contributed by atoms with Crippen molar-refractivity contribution in [3.63, 3.8) is 0 Å². The first-order chi connectivity index (χ1) is 9.15. The monoisotopic (exact) mass is 286 g/mol. The van der Waals surface area contributed by atoms with Crippen LogP contribution in [-0.4, -0.2) is 24.6 Å². The Morgan fingerprint density at radius 1 is 1.15 bits per heavy atom. The number of methoxy groups -OCH3 is 1. The lowest BCUT2D eigenvalue weighted by Gasteiger charge is -2.23. The average Bonchev–Trinajstić information content (AvgIpc) is 2.29. The molecule has 0 aliphatic rings. The highest BCUT2D eigenvalue weighted by Gasteiger charge is 2.35. The first kappa shape index (κ1) is 16.1. The van der Waals surface area contributed by atoms with E-state index >= 15 is 0 Å². The van der Waals surface area contributed by atoms with Gasteiger partial charge < -0.3 is 9.47 Å². The lowest BCUT2D eigenvalue weighted by atomic mass is 9.98. The number of ether oxygens (including phenoxy) is 2. The molecular weight excluding hydrogens is 270 g/mol. The van der Waals surface area contributed by atoms with Gasteiger partial charge in [0, 0.05) is 11.6 Å². The standard InChI is InChI=1S/C14H16F2O4/c1-14(2,3)20-13(18)11(12(17)19-4)9-6-5-8(15)7-10(9)16/h5-7,11H,1-4H3. The summed E-state index contributed by atoms with van der Waals surface area (Å²) in [5, 5.41) is 0. The quantitative estimate of drug-likeness (QED) is 0.633. The van der Waals surface area contributed by atoms with Crippen LogP contribution in [0.4, 0.5) is 8.78 Å². The van der Waals surface area contributed by atoms with E-state index in [9.17, 15) is 18.4 Å². The van der Waals surface area contributed by atoms with E-state index in [0.29, 0.717) is 6.07 Å². The molecule has 0 fully saturated rings. The van der Waals surface area contributed by atoms with E-state index in [0.717, 1.165) is 19.2 Å². The van der Waals surface area contributed by atoms with E-state index in [4.69, 9.17) is 4.74 Å². The fourth-order valence-corrected chi connectivity index (χ4v) is 1.56. The predicted octanol–water partition coefficient (Wildman–Crippen LogP) is 2.56. The summed E-state index contributed by atoms with van der Waals surface area (Å²) in [5.41, 5.74) is -1.13. The van der Waals surface area contributed by atoms with E-state index < -0.39 is 35.1 Å². The van der Waals surface area contributed by atoms with Gasteiger partial charge >= 0.3 is 11.9 Å². The molecule has 6 heteroatoms. The van der Waals surface area contributed by atoms with E-state index in [-0.39, 0.29) is 5.56 Å². The van der Waals surface area contributed by atoms with E-state index in [1.807, 2.05) is 0 Å². The summed E-state index contributed by atoms with van der Waals surface area (Å²) in [4.78, 5) is 23.7. The zero-order valence-corrected chi connectivity index (χ0v) is 11.7. The number of hydrogen-bond donors (Lipinski definition) is 0. The van der Waals surface area contributed by atoms with Crippen molar-refractivity contribution in [2.45, 2.75) is 32.3 Å². The number of esters is 2. The number of halogens is 2. The van der Waals surface area contributed by atoms with Gasteiger partial charge in [0.2, 0.25) is 0 Å². The highest BCUT2D eigenvalue weighted by Crippen LogP contribution is 2.25. The van der Waals surface area contributed by atoms with Crippen molar-refractivity contribution in [3.8, 4) is 0 Å². The van der Waals surface area contributed by atoms with Gasteiger partial charge in [0.25, 0.3) is 0 Å². The summed E-state index contributed by atoms with van der Waals surface area (Å²) in [7, 11) is 1.07. The van der Waals surface area contributed by atoms with Crippen LogP contribution in [0.15, 0.2) is 18.2 Å². The molecule has 0 saturated carbocycles. The molecule has 0 spiro atoms. The Bertz CT molecular complexity index is 520. The highest BCUT2D eigenvalue weighted by atomic mass is 19.1. The van der Waals surface area contributed by atoms with Crippen LogP contribution in [0.2, 0.25) is 0 Å². The predicted molar refractivity (Wildman–Crippen MR) is 67.0 cm³/mol. The van der Waals surface area contributed by atoms with Crippen molar-refractivity contribution in [3.05, 3.63) is 35.4 Å². The molecule has 20 heavy (non-hydrogen) atoms. The molecule has 0 amide bonds. The van der Waals surface area contributed by atoms with Gasteiger partial charge in [0.1, 0.15) is 17.2 Å². The third kappa shape index (κ3) is 4.01. The molecule has 0 aliphatic heterocycles. The van der Waals surface area contributed by atoms with Gasteiger partial charge in [-0.3, -0.25) is 9.59 Å². The molecule has 0 saturated heterocycles. The molecule has 0 aliphatic carbocycles. The molecule has 1 aromatic rings. The zero-order valence-electron chi connectivity index (χ0n) is 11.7. The van der Waals surface area contributed by atoms with Crippen molar-refractivity contribution >= 4 is 11.9 Å². The summed E-state index contributed by atoms with van der Waals surface area (Å²) in [6.45, 7) is 4.83. The van der Waals surface area contributed by atoms with Crippen molar-refractivity contribution in [1.29, 1.82) is 0 Å². The summed E-state index contributed by atoms with van der Waals surface area (Å²) >= 11 is 0. The number of carbonyl (C=O) groups excluding carboxylic acids is 2. The maximum Gasteiger partial charge on any atom is 0.325 e. The molecule has 0 heterocycles. The maximum atomic E-state index is 13.7. The van der Waals surface area contributed by atoms with E-state index in [2.05, 4.69) is 4.74 Å². The molecule has 1 aromatic carbocycles. The minimum atomic E-state index is -1.58. The Hall–Kier alpha value is -1.98. The summed E-state index contributed by atoms with van der Waals surface area (Å²) in [6, 6.07) is 2.57. The molecule has 1 rings (SSSR count). The van der Waals surface area contributed by atoms with Gasteiger partial charge in [-0.15, -0.1) is 0 Å². The summed E-state index contributed by atoms with van der Waals surface area (Å²) in [6.07, 6.45) is 0. The van der Waals surface area contributed by atoms with Gasteiger partial charge in [-0.25, -0.2) is 8.78 Å². The Balaban J connectivity index is 3.19. The van der Waals surface area contributed by atoms with Crippen molar-refractivity contribution < 1.29 is 27.8 Å². The third-order valence-electron chi connectivity index (χ3n) is 2.35. The van der Waals surface area contributed by atoms with Crippen LogP contribution in [0.5, 0.6) is 0 Å². The normalized spacial score (nSPS) is 12.7. The second-order valence-electron chi connectivity index (χ2n) is 5.16. The Morgan fingerprint density at radius 2 is 1.75 bits per heavy atom. The maximum absolute atomic E-state index is 13.7. The number of hydrogen-bond acceptors (Lipinski definition) is 4. The molecule has 1 unspecified atom stereocenters. The Kier molecular flexibility index (Phi) is 4.81. The summed E-state index contributed by atoms with van der Waals surface area (Å²) < 4.78 is 36.2. The molecule has 0 radical (unpaired) electrons. The van der Waals surface area contributed by atoms with Crippen molar-refractivity contribution in [2.24, 2.45) is 0 Å². The molecule has 1 atom stereocenters. The minimum absolute atomic E-state index is 0.285. The third-order valence-corrected chi connectivity index (χ3v) is 2.35. The first-order valence-corrected chi connectivity index (χ1v) is 5.91. The second-order valence-corrected chi connectivity index (χ2v) is 5.16. The average molecular weight is 286 g/mol. The number of carbonyl (C=O) groups is 2. The molecule has 4 nitrogen and oxygen atoms in total. The minimum Gasteiger partial charge on any atom is -0.468 e. The van der Waals surface area contributed by atoms with Crippen LogP contribution in [-0.2, 0) is 19.1 Å². The molecule has 0 N–H and O–H groups in total. The second kappa shape index (κ2) is 5.98. The number of rotatable bonds is 3. The first-order valence-electron chi connectivity index (χ1n) is 5.91. The molecule has 0 bridgehead atoms. The highest BCUT2D eigenvalue weighted by molar-refractivity contribution is 6.01. The fourth-order valence-electron chi connectivity index (χ4n) is 1.56. The van der Waals surface area contributed by atoms with Crippen molar-refractivity contribution in [1.82, 2.24) is 0 Å². The lowest BCUT2D eigenvalue weighted by Crippen LogP contribution is -2.32. The molecular formula is C14H16F2O4. The smallest absolute Gasteiger partial charge is 0.325 e. The van der Waals surface area contributed by atoms with Gasteiger partial charge in [0.05, 0.1) is 7.11 Å². The lowest BCUT2D eigenvalue weighted by molar-refractivity contribution is -0.163. The topological polar surface area (TPSA) is 52.6 Å². The van der Waals surface area contributed by atoms with Gasteiger partial charge in [-0.2, -0.15) is 0 Å². The largest absolute Gasteiger partial charge is 0.468 e. The Morgan fingerprint density at radius 3 is 2.20 bits per heavy atom.